The summed E-state index contributed by atoms with van der Waals surface area (Å²) in [5.41, 5.74) is 2.03. The predicted molar refractivity (Wildman–Crippen MR) is 83.8 cm³/mol. The highest BCUT2D eigenvalue weighted by Gasteiger charge is 2.33. The monoisotopic (exact) mass is 275 g/mol. The summed E-state index contributed by atoms with van der Waals surface area (Å²) in [5, 5.41) is 0.774. The van der Waals surface area contributed by atoms with E-state index in [1.807, 2.05) is 0 Å². The summed E-state index contributed by atoms with van der Waals surface area (Å²) in [6.07, 6.45) is 2.64. The standard InChI is InChI=1S/C17H25NS/c1-17(2,3)14-8-9-18(11-14)12-15-10-13-6-4-5-7-16(13)19-15/h4-7,14-15H,8-12H2,1-3H3. The molecule has 1 saturated heterocycles. The van der Waals surface area contributed by atoms with Crippen molar-refractivity contribution in [1.29, 1.82) is 0 Å². The van der Waals surface area contributed by atoms with Crippen molar-refractivity contribution in [1.82, 2.24) is 4.90 Å². The van der Waals surface area contributed by atoms with Crippen LogP contribution in [0.5, 0.6) is 0 Å². The van der Waals surface area contributed by atoms with Gasteiger partial charge < -0.3 is 4.90 Å². The van der Waals surface area contributed by atoms with Crippen LogP contribution in [0.4, 0.5) is 0 Å². The molecule has 1 aromatic rings. The summed E-state index contributed by atoms with van der Waals surface area (Å²) in [5.74, 6) is 0.876. The van der Waals surface area contributed by atoms with Crippen molar-refractivity contribution in [2.45, 2.75) is 43.8 Å². The normalized spacial score (nSPS) is 27.7. The SMILES string of the molecule is CC(C)(C)C1CCN(CC2Cc3ccccc3S2)C1. The number of hydrogen-bond acceptors (Lipinski definition) is 2. The van der Waals surface area contributed by atoms with Crippen molar-refractivity contribution < 1.29 is 0 Å². The van der Waals surface area contributed by atoms with Crippen LogP contribution >= 0.6 is 11.8 Å². The molecule has 2 atom stereocenters. The molecule has 2 unspecified atom stereocenters. The molecule has 1 aromatic carbocycles. The van der Waals surface area contributed by atoms with E-state index in [1.165, 1.54) is 37.4 Å². The first-order valence-electron chi connectivity index (χ1n) is 7.49. The van der Waals surface area contributed by atoms with Crippen LogP contribution < -0.4 is 0 Å². The molecule has 2 aliphatic heterocycles. The van der Waals surface area contributed by atoms with Gasteiger partial charge in [-0.25, -0.2) is 0 Å². The van der Waals surface area contributed by atoms with Gasteiger partial charge in [-0.05, 0) is 42.3 Å². The van der Waals surface area contributed by atoms with Gasteiger partial charge in [0.15, 0.2) is 0 Å². The second-order valence-electron chi connectivity index (χ2n) is 7.16. The lowest BCUT2D eigenvalue weighted by atomic mass is 9.80. The van der Waals surface area contributed by atoms with Gasteiger partial charge in [-0.15, -0.1) is 11.8 Å². The second kappa shape index (κ2) is 5.14. The zero-order valence-electron chi connectivity index (χ0n) is 12.4. The molecule has 0 spiro atoms. The molecule has 104 valence electrons. The van der Waals surface area contributed by atoms with Crippen LogP contribution in [0.25, 0.3) is 0 Å². The van der Waals surface area contributed by atoms with Gasteiger partial charge in [0.1, 0.15) is 0 Å². The summed E-state index contributed by atoms with van der Waals surface area (Å²) in [6, 6.07) is 8.92. The van der Waals surface area contributed by atoms with Crippen LogP contribution in [0, 0.1) is 11.3 Å². The fraction of sp³-hybridized carbons (Fsp3) is 0.647. The summed E-state index contributed by atoms with van der Waals surface area (Å²) >= 11 is 2.09. The maximum Gasteiger partial charge on any atom is 0.0263 e. The summed E-state index contributed by atoms with van der Waals surface area (Å²) in [7, 11) is 0. The predicted octanol–water partition coefficient (Wildman–Crippen LogP) is 4.07. The van der Waals surface area contributed by atoms with Gasteiger partial charge in [-0.2, -0.15) is 0 Å². The smallest absolute Gasteiger partial charge is 0.0263 e. The minimum atomic E-state index is 0.473. The first kappa shape index (κ1) is 13.5. The Bertz CT molecular complexity index is 424. The molecule has 19 heavy (non-hydrogen) atoms. The van der Waals surface area contributed by atoms with Crippen LogP contribution in [0.2, 0.25) is 0 Å². The molecule has 0 bridgehead atoms. The molecule has 0 N–H and O–H groups in total. The largest absolute Gasteiger partial charge is 0.302 e. The number of hydrogen-bond donors (Lipinski definition) is 0. The van der Waals surface area contributed by atoms with Gasteiger partial charge in [-0.3, -0.25) is 0 Å². The zero-order chi connectivity index (χ0) is 13.5. The highest BCUT2D eigenvalue weighted by Crippen LogP contribution is 2.39. The Morgan fingerprint density at radius 3 is 2.74 bits per heavy atom. The molecule has 0 aromatic heterocycles. The van der Waals surface area contributed by atoms with Crippen molar-refractivity contribution in [2.75, 3.05) is 19.6 Å². The van der Waals surface area contributed by atoms with E-state index < -0.39 is 0 Å². The molecule has 1 fully saturated rings. The van der Waals surface area contributed by atoms with E-state index in [4.69, 9.17) is 0 Å². The Morgan fingerprint density at radius 2 is 2.05 bits per heavy atom. The van der Waals surface area contributed by atoms with Crippen LogP contribution in [-0.2, 0) is 6.42 Å². The van der Waals surface area contributed by atoms with Gasteiger partial charge in [0.25, 0.3) is 0 Å². The Balaban J connectivity index is 1.55. The van der Waals surface area contributed by atoms with Gasteiger partial charge in [0.2, 0.25) is 0 Å². The third-order valence-electron chi connectivity index (χ3n) is 4.67. The first-order chi connectivity index (χ1) is 9.02. The zero-order valence-corrected chi connectivity index (χ0v) is 13.2. The number of nitrogens with zero attached hydrogens (tertiary/aromatic N) is 1. The number of benzene rings is 1. The van der Waals surface area contributed by atoms with Gasteiger partial charge in [0, 0.05) is 23.2 Å². The Hall–Kier alpha value is -0.470. The maximum absolute atomic E-state index is 2.69. The van der Waals surface area contributed by atoms with Crippen LogP contribution in [0.1, 0.15) is 32.8 Å². The van der Waals surface area contributed by atoms with Gasteiger partial charge in [0.05, 0.1) is 0 Å². The molecule has 3 rings (SSSR count). The Labute approximate surface area is 121 Å². The average Bonchev–Trinajstić information content (AvgIpc) is 2.94. The van der Waals surface area contributed by atoms with Crippen molar-refractivity contribution in [3.8, 4) is 0 Å². The van der Waals surface area contributed by atoms with E-state index in [9.17, 15) is 0 Å². The Morgan fingerprint density at radius 1 is 1.26 bits per heavy atom. The van der Waals surface area contributed by atoms with Gasteiger partial charge >= 0.3 is 0 Å². The molecule has 2 heterocycles. The van der Waals surface area contributed by atoms with Crippen LogP contribution in [0.15, 0.2) is 29.2 Å². The Kier molecular flexibility index (Phi) is 3.65. The van der Waals surface area contributed by atoms with E-state index in [-0.39, 0.29) is 0 Å². The fourth-order valence-corrected chi connectivity index (χ4v) is 4.72. The lowest BCUT2D eigenvalue weighted by Crippen LogP contribution is -2.31. The molecule has 0 radical (unpaired) electrons. The van der Waals surface area contributed by atoms with Crippen molar-refractivity contribution in [3.05, 3.63) is 29.8 Å². The van der Waals surface area contributed by atoms with E-state index in [2.05, 4.69) is 61.7 Å². The summed E-state index contributed by atoms with van der Waals surface area (Å²) < 4.78 is 0. The topological polar surface area (TPSA) is 3.24 Å². The van der Waals surface area contributed by atoms with Crippen molar-refractivity contribution >= 4 is 11.8 Å². The summed E-state index contributed by atoms with van der Waals surface area (Å²) in [6.45, 7) is 11.0. The average molecular weight is 275 g/mol. The highest BCUT2D eigenvalue weighted by atomic mass is 32.2. The fourth-order valence-electron chi connectivity index (χ4n) is 3.35. The lowest BCUT2D eigenvalue weighted by molar-refractivity contribution is 0.229. The number of fused-ring (bicyclic) bond motifs is 1. The first-order valence-corrected chi connectivity index (χ1v) is 8.37. The van der Waals surface area contributed by atoms with Crippen LogP contribution in [0.3, 0.4) is 0 Å². The van der Waals surface area contributed by atoms with E-state index in [0.29, 0.717) is 5.41 Å². The van der Waals surface area contributed by atoms with E-state index >= 15 is 0 Å². The molecule has 2 aliphatic rings. The summed E-state index contributed by atoms with van der Waals surface area (Å²) in [4.78, 5) is 4.21. The molecule has 1 nitrogen and oxygen atoms in total. The molecule has 0 amide bonds. The third kappa shape index (κ3) is 3.00. The van der Waals surface area contributed by atoms with Crippen molar-refractivity contribution in [3.63, 3.8) is 0 Å². The molecule has 2 heteroatoms. The highest BCUT2D eigenvalue weighted by molar-refractivity contribution is 8.00. The maximum atomic E-state index is 2.69. The van der Waals surface area contributed by atoms with E-state index in [0.717, 1.165) is 11.2 Å². The number of thioether (sulfide) groups is 1. The third-order valence-corrected chi connectivity index (χ3v) is 5.97. The quantitative estimate of drug-likeness (QED) is 0.800. The van der Waals surface area contributed by atoms with Gasteiger partial charge in [-0.1, -0.05) is 39.0 Å². The second-order valence-corrected chi connectivity index (χ2v) is 8.51. The minimum Gasteiger partial charge on any atom is -0.302 e. The van der Waals surface area contributed by atoms with Crippen LogP contribution in [-0.4, -0.2) is 29.8 Å². The van der Waals surface area contributed by atoms with Crippen molar-refractivity contribution in [2.24, 2.45) is 11.3 Å². The lowest BCUT2D eigenvalue weighted by Gasteiger charge is -2.27. The number of likely N-dealkylation sites (tertiary alicyclic amines) is 1. The minimum absolute atomic E-state index is 0.473. The number of rotatable bonds is 2. The molecule has 0 aliphatic carbocycles. The molecular formula is C17H25NS. The molecular weight excluding hydrogens is 250 g/mol. The van der Waals surface area contributed by atoms with E-state index in [1.54, 1.807) is 5.56 Å². The molecule has 0 saturated carbocycles.